The molecule has 0 spiro atoms. The normalized spacial score (nSPS) is 17.7. The van der Waals surface area contributed by atoms with Crippen molar-refractivity contribution in [2.75, 3.05) is 43.4 Å². The molecule has 9 heteroatoms. The summed E-state index contributed by atoms with van der Waals surface area (Å²) >= 11 is 5.74. The molecular formula is C10H16ClN5O2S. The second-order valence-electron chi connectivity index (χ2n) is 4.40. The van der Waals surface area contributed by atoms with E-state index in [1.165, 1.54) is 0 Å². The first-order chi connectivity index (χ1) is 8.94. The van der Waals surface area contributed by atoms with Gasteiger partial charge in [0.2, 0.25) is 16.0 Å². The number of halogens is 1. The predicted octanol–water partition coefficient (Wildman–Crippen LogP) is -0.459. The number of aromatic nitrogens is 2. The number of hydrogen-bond acceptors (Lipinski definition) is 6. The van der Waals surface area contributed by atoms with E-state index in [0.29, 0.717) is 17.5 Å². The largest absolute Gasteiger partial charge is 0.338 e. The Morgan fingerprint density at radius 1 is 1.21 bits per heavy atom. The van der Waals surface area contributed by atoms with Gasteiger partial charge in [-0.1, -0.05) is 11.6 Å². The number of primary sulfonamides is 1. The second-order valence-corrected chi connectivity index (χ2v) is 6.57. The fourth-order valence-corrected chi connectivity index (χ4v) is 2.51. The Balaban J connectivity index is 1.84. The molecule has 1 fully saturated rings. The van der Waals surface area contributed by atoms with Crippen molar-refractivity contribution in [1.82, 2.24) is 14.9 Å². The summed E-state index contributed by atoms with van der Waals surface area (Å²) in [6.45, 7) is 3.51. The average molecular weight is 306 g/mol. The standard InChI is InChI=1S/C10H16ClN5O2S/c11-9-7-13-10(14-8-9)16-3-1-15(2-4-16)5-6-19(12,17)18/h7-8H,1-6H2,(H2,12,17,18). The fourth-order valence-electron chi connectivity index (χ4n) is 1.90. The molecule has 2 heterocycles. The Hall–Kier alpha value is -0.960. The highest BCUT2D eigenvalue weighted by Crippen LogP contribution is 2.12. The van der Waals surface area contributed by atoms with Gasteiger partial charge in [0.15, 0.2) is 0 Å². The monoisotopic (exact) mass is 305 g/mol. The Morgan fingerprint density at radius 2 is 1.79 bits per heavy atom. The van der Waals surface area contributed by atoms with E-state index in [0.717, 1.165) is 26.2 Å². The number of nitrogens with two attached hydrogens (primary N) is 1. The maximum Gasteiger partial charge on any atom is 0.225 e. The molecule has 0 amide bonds. The Morgan fingerprint density at radius 3 is 2.32 bits per heavy atom. The van der Waals surface area contributed by atoms with Crippen molar-refractivity contribution in [2.45, 2.75) is 0 Å². The molecule has 0 saturated carbocycles. The fraction of sp³-hybridized carbons (Fsp3) is 0.600. The van der Waals surface area contributed by atoms with E-state index in [1.54, 1.807) is 12.4 Å². The molecule has 1 aliphatic rings. The van der Waals surface area contributed by atoms with Crippen LogP contribution in [0.2, 0.25) is 5.02 Å². The third-order valence-corrected chi connectivity index (χ3v) is 3.90. The van der Waals surface area contributed by atoms with Crippen molar-refractivity contribution in [3.8, 4) is 0 Å². The van der Waals surface area contributed by atoms with Crippen LogP contribution in [-0.4, -0.2) is 61.8 Å². The van der Waals surface area contributed by atoms with Crippen LogP contribution in [0.15, 0.2) is 12.4 Å². The summed E-state index contributed by atoms with van der Waals surface area (Å²) in [6.07, 6.45) is 3.13. The molecule has 1 aromatic rings. The third kappa shape index (κ3) is 4.57. The summed E-state index contributed by atoms with van der Waals surface area (Å²) in [7, 11) is -3.39. The lowest BCUT2D eigenvalue weighted by Crippen LogP contribution is -2.48. The van der Waals surface area contributed by atoms with E-state index < -0.39 is 10.0 Å². The summed E-state index contributed by atoms with van der Waals surface area (Å²) in [5, 5.41) is 5.50. The first-order valence-electron chi connectivity index (χ1n) is 5.89. The van der Waals surface area contributed by atoms with Gasteiger partial charge in [0.1, 0.15) is 0 Å². The Kier molecular flexibility index (Phi) is 4.56. The molecule has 7 nitrogen and oxygen atoms in total. The molecule has 0 atom stereocenters. The maximum atomic E-state index is 10.9. The average Bonchev–Trinajstić information content (AvgIpc) is 2.37. The molecule has 0 aliphatic carbocycles. The molecule has 1 saturated heterocycles. The summed E-state index contributed by atoms with van der Waals surface area (Å²) in [5.41, 5.74) is 0. The third-order valence-electron chi connectivity index (χ3n) is 2.95. The molecule has 2 N–H and O–H groups in total. The first kappa shape index (κ1) is 14.4. The van der Waals surface area contributed by atoms with Crippen molar-refractivity contribution < 1.29 is 8.42 Å². The summed E-state index contributed by atoms with van der Waals surface area (Å²) in [6, 6.07) is 0. The van der Waals surface area contributed by atoms with Gasteiger partial charge in [0.25, 0.3) is 0 Å². The van der Waals surface area contributed by atoms with Crippen LogP contribution in [0.1, 0.15) is 0 Å². The molecule has 0 bridgehead atoms. The van der Waals surface area contributed by atoms with Crippen molar-refractivity contribution in [2.24, 2.45) is 5.14 Å². The molecular weight excluding hydrogens is 290 g/mol. The van der Waals surface area contributed by atoms with Crippen molar-refractivity contribution in [1.29, 1.82) is 0 Å². The minimum absolute atomic E-state index is 0.00948. The maximum absolute atomic E-state index is 10.9. The van der Waals surface area contributed by atoms with E-state index in [9.17, 15) is 8.42 Å². The molecule has 106 valence electrons. The highest BCUT2D eigenvalue weighted by Gasteiger charge is 2.19. The van der Waals surface area contributed by atoms with Gasteiger partial charge < -0.3 is 4.90 Å². The smallest absolute Gasteiger partial charge is 0.225 e. The zero-order valence-electron chi connectivity index (χ0n) is 10.4. The van der Waals surface area contributed by atoms with Gasteiger partial charge in [-0.05, 0) is 0 Å². The van der Waals surface area contributed by atoms with E-state index in [2.05, 4.69) is 14.9 Å². The Bertz CT molecular complexity index is 513. The first-order valence-corrected chi connectivity index (χ1v) is 7.99. The van der Waals surface area contributed by atoms with Crippen LogP contribution < -0.4 is 10.0 Å². The summed E-state index contributed by atoms with van der Waals surface area (Å²) in [5.74, 6) is 0.639. The summed E-state index contributed by atoms with van der Waals surface area (Å²) < 4.78 is 21.8. The molecule has 1 aliphatic heterocycles. The molecule has 1 aromatic heterocycles. The minimum Gasteiger partial charge on any atom is -0.338 e. The van der Waals surface area contributed by atoms with Crippen LogP contribution in [0.3, 0.4) is 0 Å². The van der Waals surface area contributed by atoms with Crippen LogP contribution in [-0.2, 0) is 10.0 Å². The van der Waals surface area contributed by atoms with E-state index in [4.69, 9.17) is 16.7 Å². The van der Waals surface area contributed by atoms with Crippen LogP contribution >= 0.6 is 11.6 Å². The summed E-state index contributed by atoms with van der Waals surface area (Å²) in [4.78, 5) is 12.4. The molecule has 2 rings (SSSR count). The van der Waals surface area contributed by atoms with Gasteiger partial charge in [-0.2, -0.15) is 0 Å². The molecule has 0 radical (unpaired) electrons. The molecule has 19 heavy (non-hydrogen) atoms. The van der Waals surface area contributed by atoms with Crippen LogP contribution in [0.25, 0.3) is 0 Å². The number of rotatable bonds is 4. The molecule has 0 unspecified atom stereocenters. The number of nitrogens with zero attached hydrogens (tertiary/aromatic N) is 4. The zero-order valence-corrected chi connectivity index (χ0v) is 11.9. The van der Waals surface area contributed by atoms with E-state index in [-0.39, 0.29) is 5.75 Å². The number of sulfonamides is 1. The van der Waals surface area contributed by atoms with Crippen molar-refractivity contribution in [3.05, 3.63) is 17.4 Å². The minimum atomic E-state index is -3.39. The quantitative estimate of drug-likeness (QED) is 0.809. The number of hydrogen-bond donors (Lipinski definition) is 1. The van der Waals surface area contributed by atoms with Gasteiger partial charge in [0, 0.05) is 32.7 Å². The van der Waals surface area contributed by atoms with Gasteiger partial charge in [0.05, 0.1) is 23.2 Å². The highest BCUT2D eigenvalue weighted by molar-refractivity contribution is 7.89. The lowest BCUT2D eigenvalue weighted by atomic mass is 10.3. The van der Waals surface area contributed by atoms with Gasteiger partial charge in [-0.3, -0.25) is 4.90 Å². The Labute approximate surface area is 117 Å². The van der Waals surface area contributed by atoms with Gasteiger partial charge >= 0.3 is 0 Å². The second kappa shape index (κ2) is 6.00. The number of anilines is 1. The number of piperazine rings is 1. The van der Waals surface area contributed by atoms with Crippen LogP contribution in [0.4, 0.5) is 5.95 Å². The van der Waals surface area contributed by atoms with Crippen LogP contribution in [0.5, 0.6) is 0 Å². The molecule has 0 aromatic carbocycles. The lowest BCUT2D eigenvalue weighted by Gasteiger charge is -2.34. The lowest BCUT2D eigenvalue weighted by molar-refractivity contribution is 0.270. The van der Waals surface area contributed by atoms with Gasteiger partial charge in [-0.25, -0.2) is 23.5 Å². The topological polar surface area (TPSA) is 92.4 Å². The predicted molar refractivity (Wildman–Crippen MR) is 73.7 cm³/mol. The SMILES string of the molecule is NS(=O)(=O)CCN1CCN(c2ncc(Cl)cn2)CC1. The van der Waals surface area contributed by atoms with E-state index >= 15 is 0 Å². The van der Waals surface area contributed by atoms with E-state index in [1.807, 2.05) is 4.90 Å². The van der Waals surface area contributed by atoms with Crippen molar-refractivity contribution >= 4 is 27.6 Å². The zero-order chi connectivity index (χ0) is 13.9. The van der Waals surface area contributed by atoms with Gasteiger partial charge in [-0.15, -0.1) is 0 Å². The van der Waals surface area contributed by atoms with Crippen LogP contribution in [0, 0.1) is 0 Å². The van der Waals surface area contributed by atoms with Crippen molar-refractivity contribution in [3.63, 3.8) is 0 Å². The highest BCUT2D eigenvalue weighted by atomic mass is 35.5.